The normalized spacial score (nSPS) is 13.9. The third-order valence-corrected chi connectivity index (χ3v) is 5.82. The van der Waals surface area contributed by atoms with Gasteiger partial charge in [0.25, 0.3) is 0 Å². The summed E-state index contributed by atoms with van der Waals surface area (Å²) in [6.07, 6.45) is 0. The number of rotatable bonds is 4. The van der Waals surface area contributed by atoms with Crippen molar-refractivity contribution in [2.45, 2.75) is 11.2 Å². The standard InChI is InChI=1S/C23H19N5S/c24-21(19-9-5-2-6-10-19)22-25-26-23-28(22)27-20(15-29-23)18-13-11-17(12-14-18)16-7-3-1-4-8-16/h1-15,21,27H,24H2/p+1/t21-/m1/s1. The van der Waals surface area contributed by atoms with Gasteiger partial charge in [-0.15, -0.1) is 10.2 Å². The lowest BCUT2D eigenvalue weighted by Crippen LogP contribution is -2.55. The van der Waals surface area contributed by atoms with Crippen molar-refractivity contribution in [3.8, 4) is 11.1 Å². The summed E-state index contributed by atoms with van der Waals surface area (Å²) in [7, 11) is 0. The average Bonchev–Trinajstić information content (AvgIpc) is 3.23. The number of aromatic nitrogens is 3. The van der Waals surface area contributed by atoms with Crippen LogP contribution in [0.25, 0.3) is 16.8 Å². The molecule has 2 heterocycles. The number of fused-ring (bicyclic) bond motifs is 1. The van der Waals surface area contributed by atoms with Gasteiger partial charge in [-0.1, -0.05) is 96.7 Å². The molecule has 0 aliphatic carbocycles. The van der Waals surface area contributed by atoms with Gasteiger partial charge in [-0.3, -0.25) is 5.43 Å². The highest BCUT2D eigenvalue weighted by atomic mass is 32.2. The quantitative estimate of drug-likeness (QED) is 0.547. The summed E-state index contributed by atoms with van der Waals surface area (Å²) in [5.41, 5.74) is 13.4. The number of quaternary nitrogens is 1. The van der Waals surface area contributed by atoms with Gasteiger partial charge in [0, 0.05) is 11.0 Å². The van der Waals surface area contributed by atoms with Gasteiger partial charge in [-0.05, 0) is 16.7 Å². The smallest absolute Gasteiger partial charge is 0.215 e. The zero-order chi connectivity index (χ0) is 19.6. The summed E-state index contributed by atoms with van der Waals surface area (Å²) in [5, 5.41) is 11.6. The molecule has 1 aliphatic heterocycles. The minimum Gasteiger partial charge on any atom is -0.345 e. The van der Waals surface area contributed by atoms with Gasteiger partial charge >= 0.3 is 0 Å². The molecule has 29 heavy (non-hydrogen) atoms. The molecule has 0 unspecified atom stereocenters. The highest BCUT2D eigenvalue weighted by Gasteiger charge is 2.25. The van der Waals surface area contributed by atoms with Gasteiger partial charge in [0.2, 0.25) is 11.0 Å². The number of nitrogens with one attached hydrogen (secondary N) is 1. The SMILES string of the molecule is [NH3+][C@H](c1ccccc1)c1nnc2n1NC(c1ccc(-c3ccccc3)cc1)=CS2. The second-order valence-electron chi connectivity index (χ2n) is 6.84. The number of hydrogen-bond acceptors (Lipinski definition) is 4. The summed E-state index contributed by atoms with van der Waals surface area (Å²) in [5.74, 6) is 0.796. The minimum absolute atomic E-state index is 0.106. The van der Waals surface area contributed by atoms with Crippen molar-refractivity contribution in [2.24, 2.45) is 0 Å². The van der Waals surface area contributed by atoms with E-state index < -0.39 is 0 Å². The van der Waals surface area contributed by atoms with E-state index in [1.54, 1.807) is 11.8 Å². The lowest BCUT2D eigenvalue weighted by Gasteiger charge is -2.20. The molecule has 0 amide bonds. The maximum Gasteiger partial charge on any atom is 0.215 e. The monoisotopic (exact) mass is 398 g/mol. The van der Waals surface area contributed by atoms with E-state index in [4.69, 9.17) is 0 Å². The van der Waals surface area contributed by atoms with E-state index in [1.165, 1.54) is 11.1 Å². The van der Waals surface area contributed by atoms with Gasteiger partial charge in [-0.2, -0.15) is 0 Å². The lowest BCUT2D eigenvalue weighted by molar-refractivity contribution is -0.414. The largest absolute Gasteiger partial charge is 0.345 e. The van der Waals surface area contributed by atoms with E-state index >= 15 is 0 Å². The van der Waals surface area contributed by atoms with Crippen molar-refractivity contribution in [1.82, 2.24) is 14.9 Å². The van der Waals surface area contributed by atoms with Crippen LogP contribution in [0.15, 0.2) is 95.5 Å². The first-order valence-corrected chi connectivity index (χ1v) is 10.3. The molecule has 0 bridgehead atoms. The van der Waals surface area contributed by atoms with E-state index in [1.807, 2.05) is 28.9 Å². The van der Waals surface area contributed by atoms with E-state index in [0.29, 0.717) is 0 Å². The van der Waals surface area contributed by atoms with Gasteiger partial charge in [0.1, 0.15) is 0 Å². The van der Waals surface area contributed by atoms with Crippen molar-refractivity contribution in [1.29, 1.82) is 0 Å². The fourth-order valence-corrected chi connectivity index (χ4v) is 4.13. The average molecular weight is 399 g/mol. The molecule has 1 aliphatic rings. The summed E-state index contributed by atoms with van der Waals surface area (Å²) in [6, 6.07) is 29.0. The van der Waals surface area contributed by atoms with E-state index in [-0.39, 0.29) is 6.04 Å². The van der Waals surface area contributed by atoms with Crippen LogP contribution in [0.1, 0.15) is 23.0 Å². The highest BCUT2D eigenvalue weighted by molar-refractivity contribution is 8.02. The van der Waals surface area contributed by atoms with E-state index in [9.17, 15) is 0 Å². The molecule has 0 saturated carbocycles. The molecule has 4 N–H and O–H groups in total. The molecule has 1 atom stereocenters. The van der Waals surface area contributed by atoms with Crippen molar-refractivity contribution in [3.05, 3.63) is 107 Å². The maximum absolute atomic E-state index is 4.39. The van der Waals surface area contributed by atoms with Gasteiger partial charge in [-0.25, -0.2) is 4.68 Å². The number of hydrogen-bond donors (Lipinski definition) is 2. The molecule has 142 valence electrons. The molecule has 4 aromatic rings. The number of benzene rings is 3. The van der Waals surface area contributed by atoms with Gasteiger partial charge in [0.05, 0.1) is 5.70 Å². The molecule has 0 spiro atoms. The Kier molecular flexibility index (Phi) is 4.63. The van der Waals surface area contributed by atoms with Crippen LogP contribution in [0.3, 0.4) is 0 Å². The topological polar surface area (TPSA) is 70.4 Å². The number of nitrogens with zero attached hydrogens (tertiary/aromatic N) is 3. The van der Waals surface area contributed by atoms with Crippen LogP contribution < -0.4 is 11.2 Å². The second kappa shape index (κ2) is 7.58. The number of thioether (sulfide) groups is 1. The van der Waals surface area contributed by atoms with Crippen LogP contribution in [-0.4, -0.2) is 14.9 Å². The zero-order valence-corrected chi connectivity index (χ0v) is 16.5. The van der Waals surface area contributed by atoms with E-state index in [2.05, 4.69) is 87.4 Å². The molecule has 0 radical (unpaired) electrons. The molecule has 5 nitrogen and oxygen atoms in total. The summed E-state index contributed by atoms with van der Waals surface area (Å²) >= 11 is 1.56. The maximum atomic E-state index is 4.39. The Balaban J connectivity index is 1.41. The fourth-order valence-electron chi connectivity index (χ4n) is 3.39. The molecule has 5 rings (SSSR count). The van der Waals surface area contributed by atoms with Crippen LogP contribution in [-0.2, 0) is 0 Å². The third-order valence-electron chi connectivity index (χ3n) is 4.99. The molecular formula is C23H20N5S+. The van der Waals surface area contributed by atoms with Crippen molar-refractivity contribution >= 4 is 17.5 Å². The first kappa shape index (κ1) is 17.7. The lowest BCUT2D eigenvalue weighted by atomic mass is 10.0. The summed E-state index contributed by atoms with van der Waals surface area (Å²) in [4.78, 5) is 0. The zero-order valence-electron chi connectivity index (χ0n) is 15.7. The van der Waals surface area contributed by atoms with Crippen LogP contribution in [0, 0.1) is 0 Å². The Bertz CT molecular complexity index is 1150. The first-order valence-electron chi connectivity index (χ1n) is 9.42. The van der Waals surface area contributed by atoms with Crippen molar-refractivity contribution < 1.29 is 5.73 Å². The highest BCUT2D eigenvalue weighted by Crippen LogP contribution is 2.31. The Morgan fingerprint density at radius 2 is 1.38 bits per heavy atom. The molecule has 1 aromatic heterocycles. The molecule has 3 aromatic carbocycles. The van der Waals surface area contributed by atoms with Crippen molar-refractivity contribution in [2.75, 3.05) is 5.43 Å². The van der Waals surface area contributed by atoms with Crippen molar-refractivity contribution in [3.63, 3.8) is 0 Å². The Morgan fingerprint density at radius 3 is 2.10 bits per heavy atom. The fraction of sp³-hybridized carbons (Fsp3) is 0.0435. The molecular weight excluding hydrogens is 378 g/mol. The Morgan fingerprint density at radius 1 is 0.759 bits per heavy atom. The van der Waals surface area contributed by atoms with Gasteiger partial charge < -0.3 is 5.73 Å². The third kappa shape index (κ3) is 3.44. The predicted molar refractivity (Wildman–Crippen MR) is 116 cm³/mol. The summed E-state index contributed by atoms with van der Waals surface area (Å²) < 4.78 is 1.94. The molecule has 0 fully saturated rings. The minimum atomic E-state index is -0.106. The van der Waals surface area contributed by atoms with E-state index in [0.717, 1.165) is 27.8 Å². The Labute approximate surface area is 173 Å². The van der Waals surface area contributed by atoms with Crippen LogP contribution in [0.5, 0.6) is 0 Å². The molecule has 6 heteroatoms. The predicted octanol–water partition coefficient (Wildman–Crippen LogP) is 3.92. The van der Waals surface area contributed by atoms with Crippen LogP contribution in [0.2, 0.25) is 0 Å². The second-order valence-corrected chi connectivity index (χ2v) is 7.68. The van der Waals surface area contributed by atoms with Crippen LogP contribution in [0.4, 0.5) is 0 Å². The van der Waals surface area contributed by atoms with Gasteiger partial charge in [0.15, 0.2) is 6.04 Å². The Hall–Kier alpha value is -3.35. The summed E-state index contributed by atoms with van der Waals surface area (Å²) in [6.45, 7) is 0. The first-order chi connectivity index (χ1) is 14.3. The molecule has 0 saturated heterocycles. The van der Waals surface area contributed by atoms with Crippen LogP contribution >= 0.6 is 11.8 Å².